The van der Waals surface area contributed by atoms with Crippen molar-refractivity contribution in [1.82, 2.24) is 4.90 Å². The van der Waals surface area contributed by atoms with Crippen LogP contribution in [-0.2, 0) is 21.4 Å². The summed E-state index contributed by atoms with van der Waals surface area (Å²) in [4.78, 5) is 25.7. The zero-order chi connectivity index (χ0) is 19.2. The van der Waals surface area contributed by atoms with E-state index in [9.17, 15) is 9.59 Å². The molecule has 2 aromatic carbocycles. The van der Waals surface area contributed by atoms with E-state index >= 15 is 0 Å². The van der Waals surface area contributed by atoms with E-state index in [0.29, 0.717) is 6.54 Å². The van der Waals surface area contributed by atoms with Gasteiger partial charge in [0.1, 0.15) is 0 Å². The molecule has 0 unspecified atom stereocenters. The summed E-state index contributed by atoms with van der Waals surface area (Å²) < 4.78 is 0. The molecule has 0 saturated carbocycles. The lowest BCUT2D eigenvalue weighted by Crippen LogP contribution is -2.38. The zero-order valence-electron chi connectivity index (χ0n) is 16.1. The first kappa shape index (κ1) is 19.7. The topological polar surface area (TPSA) is 49.4 Å². The highest BCUT2D eigenvalue weighted by molar-refractivity contribution is 5.94. The van der Waals surface area contributed by atoms with E-state index in [-0.39, 0.29) is 23.8 Å². The molecule has 0 fully saturated rings. The summed E-state index contributed by atoms with van der Waals surface area (Å²) in [5.41, 5.74) is 3.18. The van der Waals surface area contributed by atoms with Crippen LogP contribution in [0, 0.1) is 0 Å². The molecule has 0 radical (unpaired) electrons. The molecule has 0 aliphatic heterocycles. The molecule has 0 spiro atoms. The van der Waals surface area contributed by atoms with E-state index in [1.54, 1.807) is 4.90 Å². The van der Waals surface area contributed by atoms with Gasteiger partial charge in [0.05, 0.1) is 6.54 Å². The first-order valence-electron chi connectivity index (χ1n) is 8.95. The molecule has 0 heterocycles. The Morgan fingerprint density at radius 2 is 1.58 bits per heavy atom. The van der Waals surface area contributed by atoms with E-state index in [4.69, 9.17) is 0 Å². The average Bonchev–Trinajstić information content (AvgIpc) is 2.59. The van der Waals surface area contributed by atoms with Gasteiger partial charge in [-0.1, -0.05) is 63.2 Å². The maximum Gasteiger partial charge on any atom is 0.243 e. The Labute approximate surface area is 156 Å². The van der Waals surface area contributed by atoms with Gasteiger partial charge in [0.25, 0.3) is 0 Å². The minimum Gasteiger partial charge on any atom is -0.333 e. The Bertz CT molecular complexity index is 731. The van der Waals surface area contributed by atoms with Crippen molar-refractivity contribution in [2.24, 2.45) is 0 Å². The van der Waals surface area contributed by atoms with E-state index in [0.717, 1.165) is 17.7 Å². The summed E-state index contributed by atoms with van der Waals surface area (Å²) in [6, 6.07) is 17.8. The number of hydrogen-bond donors (Lipinski definition) is 1. The zero-order valence-corrected chi connectivity index (χ0v) is 16.1. The van der Waals surface area contributed by atoms with E-state index < -0.39 is 0 Å². The van der Waals surface area contributed by atoms with Crippen LogP contribution in [0.5, 0.6) is 0 Å². The van der Waals surface area contributed by atoms with Gasteiger partial charge in [-0.25, -0.2) is 0 Å². The molecule has 2 amide bonds. The minimum absolute atomic E-state index is 0.0587. The van der Waals surface area contributed by atoms with Crippen LogP contribution in [0.15, 0.2) is 54.6 Å². The van der Waals surface area contributed by atoms with Gasteiger partial charge in [0, 0.05) is 19.2 Å². The molecule has 1 N–H and O–H groups in total. The maximum absolute atomic E-state index is 12.3. The molecule has 0 aliphatic carbocycles. The number of anilines is 1. The summed E-state index contributed by atoms with van der Waals surface area (Å²) in [6.07, 6.45) is 0.730. The second-order valence-electron chi connectivity index (χ2n) is 7.55. The fraction of sp³-hybridized carbons (Fsp3) is 0.364. The molecule has 26 heavy (non-hydrogen) atoms. The quantitative estimate of drug-likeness (QED) is 0.854. The standard InChI is InChI=1S/C22H28N2O2/c1-17(25)24(15-14-18-8-6-5-7-9-18)16-21(26)23-20-12-10-19(11-13-20)22(2,3)4/h5-13H,14-16H2,1-4H3,(H,23,26). The fourth-order valence-electron chi connectivity index (χ4n) is 2.68. The molecular formula is C22H28N2O2. The van der Waals surface area contributed by atoms with Gasteiger partial charge < -0.3 is 10.2 Å². The predicted octanol–water partition coefficient (Wildman–Crippen LogP) is 4.01. The van der Waals surface area contributed by atoms with Gasteiger partial charge in [-0.15, -0.1) is 0 Å². The lowest BCUT2D eigenvalue weighted by Gasteiger charge is -2.21. The molecule has 0 bridgehead atoms. The third-order valence-corrected chi connectivity index (χ3v) is 4.33. The minimum atomic E-state index is -0.184. The van der Waals surface area contributed by atoms with Crippen LogP contribution >= 0.6 is 0 Å². The van der Waals surface area contributed by atoms with Gasteiger partial charge in [-0.2, -0.15) is 0 Å². The Balaban J connectivity index is 1.92. The molecule has 0 aliphatic rings. The number of hydrogen-bond acceptors (Lipinski definition) is 2. The Morgan fingerprint density at radius 3 is 2.12 bits per heavy atom. The smallest absolute Gasteiger partial charge is 0.243 e. The SMILES string of the molecule is CC(=O)N(CCc1ccccc1)CC(=O)Nc1ccc(C(C)(C)C)cc1. The van der Waals surface area contributed by atoms with Gasteiger partial charge >= 0.3 is 0 Å². The number of amides is 2. The highest BCUT2D eigenvalue weighted by Gasteiger charge is 2.15. The van der Waals surface area contributed by atoms with Gasteiger partial charge in [0.2, 0.25) is 11.8 Å². The van der Waals surface area contributed by atoms with Crippen molar-refractivity contribution in [1.29, 1.82) is 0 Å². The molecule has 4 nitrogen and oxygen atoms in total. The van der Waals surface area contributed by atoms with Crippen molar-refractivity contribution in [2.45, 2.75) is 39.5 Å². The van der Waals surface area contributed by atoms with Crippen LogP contribution in [0.4, 0.5) is 5.69 Å². The lowest BCUT2D eigenvalue weighted by molar-refractivity contribution is -0.132. The fourth-order valence-corrected chi connectivity index (χ4v) is 2.68. The number of nitrogens with zero attached hydrogens (tertiary/aromatic N) is 1. The maximum atomic E-state index is 12.3. The summed E-state index contributed by atoms with van der Waals surface area (Å²) in [5, 5.41) is 2.87. The third-order valence-electron chi connectivity index (χ3n) is 4.33. The van der Waals surface area contributed by atoms with Crippen molar-refractivity contribution in [3.05, 3.63) is 65.7 Å². The van der Waals surface area contributed by atoms with Crippen molar-refractivity contribution in [2.75, 3.05) is 18.4 Å². The molecule has 0 saturated heterocycles. The molecule has 2 aromatic rings. The average molecular weight is 352 g/mol. The molecule has 0 aromatic heterocycles. The predicted molar refractivity (Wildman–Crippen MR) is 106 cm³/mol. The van der Waals surface area contributed by atoms with Crippen molar-refractivity contribution < 1.29 is 9.59 Å². The molecule has 0 atom stereocenters. The molecule has 4 heteroatoms. The Hall–Kier alpha value is -2.62. The van der Waals surface area contributed by atoms with Crippen LogP contribution < -0.4 is 5.32 Å². The van der Waals surface area contributed by atoms with Crippen LogP contribution in [0.25, 0.3) is 0 Å². The monoisotopic (exact) mass is 352 g/mol. The summed E-state index contributed by atoms with van der Waals surface area (Å²) >= 11 is 0. The second-order valence-corrected chi connectivity index (χ2v) is 7.55. The summed E-state index contributed by atoms with van der Waals surface area (Å²) in [7, 11) is 0. The van der Waals surface area contributed by atoms with Gasteiger partial charge in [-0.3, -0.25) is 9.59 Å². The molecule has 138 valence electrons. The molecular weight excluding hydrogens is 324 g/mol. The number of benzene rings is 2. The summed E-state index contributed by atoms with van der Waals surface area (Å²) in [6.45, 7) is 8.53. The molecule has 2 rings (SSSR count). The highest BCUT2D eigenvalue weighted by Crippen LogP contribution is 2.23. The van der Waals surface area contributed by atoms with E-state index in [1.165, 1.54) is 12.5 Å². The summed E-state index contributed by atoms with van der Waals surface area (Å²) in [5.74, 6) is -0.282. The number of carbonyl (C=O) groups excluding carboxylic acids is 2. The van der Waals surface area contributed by atoms with Crippen molar-refractivity contribution >= 4 is 17.5 Å². The number of carbonyl (C=O) groups is 2. The number of nitrogens with one attached hydrogen (secondary N) is 1. The Kier molecular flexibility index (Phi) is 6.56. The first-order valence-corrected chi connectivity index (χ1v) is 8.95. The number of rotatable bonds is 6. The largest absolute Gasteiger partial charge is 0.333 e. The highest BCUT2D eigenvalue weighted by atomic mass is 16.2. The normalized spacial score (nSPS) is 11.1. The first-order chi connectivity index (χ1) is 12.3. The lowest BCUT2D eigenvalue weighted by atomic mass is 9.87. The van der Waals surface area contributed by atoms with Crippen LogP contribution in [0.1, 0.15) is 38.8 Å². The van der Waals surface area contributed by atoms with Crippen LogP contribution in [0.2, 0.25) is 0 Å². The van der Waals surface area contributed by atoms with Crippen LogP contribution in [0.3, 0.4) is 0 Å². The third kappa shape index (κ3) is 6.03. The van der Waals surface area contributed by atoms with Crippen LogP contribution in [-0.4, -0.2) is 29.8 Å². The van der Waals surface area contributed by atoms with Crippen molar-refractivity contribution in [3.8, 4) is 0 Å². The van der Waals surface area contributed by atoms with Gasteiger partial charge in [0.15, 0.2) is 0 Å². The van der Waals surface area contributed by atoms with Gasteiger partial charge in [-0.05, 0) is 35.1 Å². The van der Waals surface area contributed by atoms with Crippen molar-refractivity contribution in [3.63, 3.8) is 0 Å². The van der Waals surface area contributed by atoms with E-state index in [1.807, 2.05) is 54.6 Å². The van der Waals surface area contributed by atoms with E-state index in [2.05, 4.69) is 26.1 Å². The second kappa shape index (κ2) is 8.65. The Morgan fingerprint density at radius 1 is 0.962 bits per heavy atom.